The summed E-state index contributed by atoms with van der Waals surface area (Å²) in [7, 11) is 0. The van der Waals surface area contributed by atoms with Gasteiger partial charge in [-0.05, 0) is 0 Å². The predicted molar refractivity (Wildman–Crippen MR) is 53.5 cm³/mol. The van der Waals surface area contributed by atoms with E-state index in [1.165, 1.54) is 0 Å². The lowest BCUT2D eigenvalue weighted by atomic mass is 10.2. The minimum atomic E-state index is -1.24. The summed E-state index contributed by atoms with van der Waals surface area (Å²) in [6.45, 7) is -0.314. The molecule has 0 saturated heterocycles. The van der Waals surface area contributed by atoms with Crippen molar-refractivity contribution < 1.29 is 24.6 Å². The zero-order chi connectivity index (χ0) is 12.6. The molecule has 0 aromatic carbocycles. The topological polar surface area (TPSA) is 142 Å². The first kappa shape index (κ1) is 14.2. The highest BCUT2D eigenvalue weighted by molar-refractivity contribution is 5.82. The molecule has 3 amide bonds. The molecule has 8 heteroatoms. The maximum absolute atomic E-state index is 11.1. The van der Waals surface area contributed by atoms with Crippen molar-refractivity contribution in [1.29, 1.82) is 0 Å². The largest absolute Gasteiger partial charge is 0.480 e. The third-order valence-corrected chi connectivity index (χ3v) is 1.68. The number of carboxylic acids is 1. The van der Waals surface area contributed by atoms with E-state index in [0.29, 0.717) is 0 Å². The van der Waals surface area contributed by atoms with E-state index in [4.69, 9.17) is 15.9 Å². The molecular weight excluding hydrogens is 218 g/mol. The van der Waals surface area contributed by atoms with Crippen molar-refractivity contribution >= 4 is 17.9 Å². The van der Waals surface area contributed by atoms with E-state index < -0.39 is 23.9 Å². The van der Waals surface area contributed by atoms with Crippen LogP contribution in [0.5, 0.6) is 0 Å². The molecule has 0 aromatic rings. The van der Waals surface area contributed by atoms with Crippen LogP contribution in [0.4, 0.5) is 4.79 Å². The lowest BCUT2D eigenvalue weighted by Gasteiger charge is -2.13. The Morgan fingerprint density at radius 2 is 1.94 bits per heavy atom. The molecule has 0 aliphatic carbocycles. The molecule has 0 bridgehead atoms. The van der Waals surface area contributed by atoms with Crippen molar-refractivity contribution in [2.45, 2.75) is 18.9 Å². The van der Waals surface area contributed by atoms with Crippen molar-refractivity contribution in [2.75, 3.05) is 13.2 Å². The fraction of sp³-hybridized carbons (Fsp3) is 0.625. The monoisotopic (exact) mass is 233 g/mol. The normalized spacial score (nSPS) is 11.6. The second-order valence-corrected chi connectivity index (χ2v) is 3.02. The molecule has 0 aromatic heterocycles. The van der Waals surface area contributed by atoms with Crippen molar-refractivity contribution in [3.05, 3.63) is 0 Å². The number of hydrogen-bond acceptors (Lipinski definition) is 4. The lowest BCUT2D eigenvalue weighted by Crippen LogP contribution is -2.46. The molecule has 16 heavy (non-hydrogen) atoms. The molecule has 0 spiro atoms. The van der Waals surface area contributed by atoms with Crippen LogP contribution in [0.2, 0.25) is 0 Å². The summed E-state index contributed by atoms with van der Waals surface area (Å²) >= 11 is 0. The smallest absolute Gasteiger partial charge is 0.326 e. The van der Waals surface area contributed by atoms with Crippen LogP contribution in [0.15, 0.2) is 0 Å². The highest BCUT2D eigenvalue weighted by Crippen LogP contribution is 1.90. The van der Waals surface area contributed by atoms with E-state index in [1.54, 1.807) is 0 Å². The standard InChI is InChI=1S/C8H15N3O5/c9-6(13)1-3-10-8(16)11-5(2-4-12)7(14)15/h5,12H,1-4H2,(H2,9,13)(H,14,15)(H2,10,11,16)/t5-/m0/s1. The van der Waals surface area contributed by atoms with Gasteiger partial charge in [0.25, 0.3) is 0 Å². The van der Waals surface area contributed by atoms with Crippen LogP contribution in [0, 0.1) is 0 Å². The van der Waals surface area contributed by atoms with Gasteiger partial charge in [0.2, 0.25) is 5.91 Å². The Kier molecular flexibility index (Phi) is 6.61. The highest BCUT2D eigenvalue weighted by atomic mass is 16.4. The van der Waals surface area contributed by atoms with E-state index in [2.05, 4.69) is 10.6 Å². The number of nitrogens with two attached hydrogens (primary N) is 1. The van der Waals surface area contributed by atoms with Crippen LogP contribution in [0.25, 0.3) is 0 Å². The number of aliphatic hydroxyl groups excluding tert-OH is 1. The molecule has 6 N–H and O–H groups in total. The summed E-state index contributed by atoms with van der Waals surface area (Å²) in [6.07, 6.45) is -0.107. The summed E-state index contributed by atoms with van der Waals surface area (Å²) in [5.74, 6) is -1.80. The number of carbonyl (C=O) groups excluding carboxylic acids is 2. The molecule has 92 valence electrons. The Morgan fingerprint density at radius 1 is 1.31 bits per heavy atom. The molecule has 0 unspecified atom stereocenters. The van der Waals surface area contributed by atoms with Gasteiger partial charge in [0.15, 0.2) is 0 Å². The van der Waals surface area contributed by atoms with Gasteiger partial charge >= 0.3 is 12.0 Å². The van der Waals surface area contributed by atoms with Crippen molar-refractivity contribution in [1.82, 2.24) is 10.6 Å². The quantitative estimate of drug-likeness (QED) is 0.345. The van der Waals surface area contributed by atoms with E-state index >= 15 is 0 Å². The molecule has 0 heterocycles. The second-order valence-electron chi connectivity index (χ2n) is 3.02. The molecule has 0 saturated carbocycles. The predicted octanol–water partition coefficient (Wildman–Crippen LogP) is -2.00. The van der Waals surface area contributed by atoms with Crippen LogP contribution in [0.3, 0.4) is 0 Å². The number of aliphatic carboxylic acids is 1. The SMILES string of the molecule is NC(=O)CCNC(=O)N[C@@H](CCO)C(=O)O. The van der Waals surface area contributed by atoms with Gasteiger partial charge in [0, 0.05) is 26.0 Å². The van der Waals surface area contributed by atoms with Crippen molar-refractivity contribution in [3.63, 3.8) is 0 Å². The third-order valence-electron chi connectivity index (χ3n) is 1.68. The summed E-state index contributed by atoms with van der Waals surface area (Å²) in [5.41, 5.74) is 4.84. The zero-order valence-electron chi connectivity index (χ0n) is 8.60. The maximum atomic E-state index is 11.1. The van der Waals surface area contributed by atoms with Gasteiger partial charge in [-0.3, -0.25) is 4.79 Å². The number of primary amides is 1. The first-order chi connectivity index (χ1) is 7.47. The Morgan fingerprint density at radius 3 is 2.38 bits per heavy atom. The fourth-order valence-electron chi connectivity index (χ4n) is 0.895. The molecule has 0 fully saturated rings. The molecule has 0 radical (unpaired) electrons. The highest BCUT2D eigenvalue weighted by Gasteiger charge is 2.18. The average Bonchev–Trinajstić information content (AvgIpc) is 2.16. The molecule has 8 nitrogen and oxygen atoms in total. The van der Waals surface area contributed by atoms with Gasteiger partial charge < -0.3 is 26.6 Å². The number of hydrogen-bond donors (Lipinski definition) is 5. The minimum absolute atomic E-state index is 0.0227. The Balaban J connectivity index is 3.90. The number of aliphatic hydroxyl groups is 1. The van der Waals surface area contributed by atoms with Crippen LogP contribution in [0.1, 0.15) is 12.8 Å². The fourth-order valence-corrected chi connectivity index (χ4v) is 0.895. The Bertz CT molecular complexity index is 268. The van der Waals surface area contributed by atoms with E-state index in [0.717, 1.165) is 0 Å². The first-order valence-electron chi connectivity index (χ1n) is 4.63. The maximum Gasteiger partial charge on any atom is 0.326 e. The van der Waals surface area contributed by atoms with Gasteiger partial charge in [-0.25, -0.2) is 9.59 Å². The summed E-state index contributed by atoms with van der Waals surface area (Å²) < 4.78 is 0. The number of amides is 3. The van der Waals surface area contributed by atoms with Crippen molar-refractivity contribution in [3.8, 4) is 0 Å². The van der Waals surface area contributed by atoms with E-state index in [1.807, 2.05) is 0 Å². The lowest BCUT2D eigenvalue weighted by molar-refractivity contribution is -0.139. The Labute approximate surface area is 91.8 Å². The number of carboxylic acid groups (broad SMARTS) is 1. The average molecular weight is 233 g/mol. The molecule has 0 aliphatic rings. The van der Waals surface area contributed by atoms with Crippen molar-refractivity contribution in [2.24, 2.45) is 5.73 Å². The minimum Gasteiger partial charge on any atom is -0.480 e. The van der Waals surface area contributed by atoms with Gasteiger partial charge in [-0.15, -0.1) is 0 Å². The van der Waals surface area contributed by atoms with Gasteiger partial charge in [0.05, 0.1) is 0 Å². The van der Waals surface area contributed by atoms with Gasteiger partial charge in [-0.1, -0.05) is 0 Å². The summed E-state index contributed by atoms with van der Waals surface area (Å²) in [4.78, 5) is 32.0. The van der Waals surface area contributed by atoms with Crippen LogP contribution >= 0.6 is 0 Å². The van der Waals surface area contributed by atoms with Crippen LogP contribution < -0.4 is 16.4 Å². The molecule has 0 aliphatic heterocycles. The van der Waals surface area contributed by atoms with Crippen LogP contribution in [-0.2, 0) is 9.59 Å². The van der Waals surface area contributed by atoms with Gasteiger partial charge in [0.1, 0.15) is 6.04 Å². The number of nitrogens with one attached hydrogen (secondary N) is 2. The molecular formula is C8H15N3O5. The molecule has 1 atom stereocenters. The molecule has 0 rings (SSSR count). The van der Waals surface area contributed by atoms with Crippen LogP contribution in [-0.4, -0.2) is 47.3 Å². The number of urea groups is 1. The number of rotatable bonds is 7. The summed E-state index contributed by atoms with van der Waals surface area (Å²) in [6, 6.07) is -1.87. The Hall–Kier alpha value is -1.83. The third kappa shape index (κ3) is 6.60. The first-order valence-corrected chi connectivity index (χ1v) is 4.63. The van der Waals surface area contributed by atoms with E-state index in [-0.39, 0.29) is 26.0 Å². The zero-order valence-corrected chi connectivity index (χ0v) is 8.60. The summed E-state index contributed by atoms with van der Waals surface area (Å²) in [5, 5.41) is 21.6. The second kappa shape index (κ2) is 7.46. The van der Waals surface area contributed by atoms with Gasteiger partial charge in [-0.2, -0.15) is 0 Å². The van der Waals surface area contributed by atoms with E-state index in [9.17, 15) is 14.4 Å². The number of carbonyl (C=O) groups is 3.